The van der Waals surface area contributed by atoms with Crippen molar-refractivity contribution in [2.45, 2.75) is 51.8 Å². The topological polar surface area (TPSA) is 49.9 Å². The Morgan fingerprint density at radius 3 is 2.54 bits per heavy atom. The Morgan fingerprint density at radius 1 is 1.25 bits per heavy atom. The number of rotatable bonds is 1. The van der Waals surface area contributed by atoms with Crippen LogP contribution in [0.15, 0.2) is 18.2 Å². The number of piperidine rings is 1. The van der Waals surface area contributed by atoms with Gasteiger partial charge in [-0.3, -0.25) is 4.79 Å². The van der Waals surface area contributed by atoms with Crippen LogP contribution in [0.1, 0.15) is 49.5 Å². The van der Waals surface area contributed by atoms with Gasteiger partial charge in [0.05, 0.1) is 0 Å². The minimum Gasteiger partial charge on any atom is -0.444 e. The van der Waals surface area contributed by atoms with Crippen LogP contribution in [0, 0.1) is 5.82 Å². The summed E-state index contributed by atoms with van der Waals surface area (Å²) >= 11 is 0. The Morgan fingerprint density at radius 2 is 1.92 bits per heavy atom. The molecule has 3 rings (SSSR count). The predicted molar refractivity (Wildman–Crippen MR) is 87.1 cm³/mol. The van der Waals surface area contributed by atoms with Crippen molar-refractivity contribution in [3.63, 3.8) is 0 Å². The quantitative estimate of drug-likeness (QED) is 0.792. The van der Waals surface area contributed by atoms with Gasteiger partial charge in [-0.2, -0.15) is 0 Å². The maximum absolute atomic E-state index is 13.3. The minimum atomic E-state index is -0.509. The molecule has 0 aliphatic carbocycles. The van der Waals surface area contributed by atoms with E-state index in [-0.39, 0.29) is 23.9 Å². The van der Waals surface area contributed by atoms with Crippen LogP contribution in [0.4, 0.5) is 9.18 Å². The van der Waals surface area contributed by atoms with E-state index in [4.69, 9.17) is 4.74 Å². The first-order chi connectivity index (χ1) is 11.2. The molecule has 1 aromatic rings. The van der Waals surface area contributed by atoms with E-state index in [0.717, 1.165) is 5.56 Å². The highest BCUT2D eigenvalue weighted by atomic mass is 19.1. The number of nitrogens with zero attached hydrogens (tertiary/aromatic N) is 2. The van der Waals surface area contributed by atoms with Crippen LogP contribution in [0.2, 0.25) is 0 Å². The number of carbonyl (C=O) groups is 2. The third-order valence-electron chi connectivity index (χ3n) is 4.46. The van der Waals surface area contributed by atoms with Gasteiger partial charge in [0.15, 0.2) is 0 Å². The molecule has 1 fully saturated rings. The van der Waals surface area contributed by atoms with Crippen molar-refractivity contribution in [3.05, 3.63) is 35.1 Å². The van der Waals surface area contributed by atoms with E-state index in [1.807, 2.05) is 20.8 Å². The van der Waals surface area contributed by atoms with Gasteiger partial charge in [-0.15, -0.1) is 0 Å². The van der Waals surface area contributed by atoms with Crippen LogP contribution in [0.25, 0.3) is 0 Å². The van der Waals surface area contributed by atoms with Gasteiger partial charge in [0.1, 0.15) is 11.4 Å². The van der Waals surface area contributed by atoms with Crippen LogP contribution in [-0.2, 0) is 11.3 Å². The van der Waals surface area contributed by atoms with E-state index in [1.165, 1.54) is 12.1 Å². The van der Waals surface area contributed by atoms with Gasteiger partial charge in [0.2, 0.25) is 0 Å². The standard InChI is InChI=1S/C18H23FN2O3/c1-18(2,3)24-17(23)20-8-6-14(7-9-20)21-11-12-10-13(19)4-5-15(12)16(21)22/h4-5,10,14H,6-9,11H2,1-3H3. The van der Waals surface area contributed by atoms with Crippen LogP contribution in [-0.4, -0.2) is 46.5 Å². The summed E-state index contributed by atoms with van der Waals surface area (Å²) in [4.78, 5) is 28.1. The zero-order valence-electron chi connectivity index (χ0n) is 14.3. The Balaban J connectivity index is 1.60. The second kappa shape index (κ2) is 6.07. The molecule has 0 bridgehead atoms. The third kappa shape index (κ3) is 3.37. The molecule has 6 heteroatoms. The van der Waals surface area contributed by atoms with E-state index >= 15 is 0 Å². The van der Waals surface area contributed by atoms with Gasteiger partial charge >= 0.3 is 6.09 Å². The Labute approximate surface area is 141 Å². The SMILES string of the molecule is CC(C)(C)OC(=O)N1CCC(N2Cc3cc(F)ccc3C2=O)CC1. The van der Waals surface area contributed by atoms with Crippen molar-refractivity contribution in [2.75, 3.05) is 13.1 Å². The van der Waals surface area contributed by atoms with Crippen LogP contribution < -0.4 is 0 Å². The fraction of sp³-hybridized carbons (Fsp3) is 0.556. The molecule has 0 saturated carbocycles. The van der Waals surface area contributed by atoms with Crippen molar-refractivity contribution in [1.82, 2.24) is 9.80 Å². The number of halogens is 1. The van der Waals surface area contributed by atoms with Crippen LogP contribution in [0.3, 0.4) is 0 Å². The highest BCUT2D eigenvalue weighted by Gasteiger charge is 2.36. The first-order valence-electron chi connectivity index (χ1n) is 8.32. The van der Waals surface area contributed by atoms with Crippen LogP contribution >= 0.6 is 0 Å². The highest BCUT2D eigenvalue weighted by molar-refractivity contribution is 5.98. The van der Waals surface area contributed by atoms with Crippen molar-refractivity contribution in [1.29, 1.82) is 0 Å². The molecule has 1 aromatic carbocycles. The van der Waals surface area contributed by atoms with E-state index in [9.17, 15) is 14.0 Å². The van der Waals surface area contributed by atoms with Gasteiger partial charge in [-0.1, -0.05) is 0 Å². The molecule has 0 N–H and O–H groups in total. The summed E-state index contributed by atoms with van der Waals surface area (Å²) in [6, 6.07) is 4.39. The summed E-state index contributed by atoms with van der Waals surface area (Å²) in [5, 5.41) is 0. The third-order valence-corrected chi connectivity index (χ3v) is 4.46. The molecular weight excluding hydrogens is 311 g/mol. The summed E-state index contributed by atoms with van der Waals surface area (Å²) in [5.41, 5.74) is 0.824. The number of hydrogen-bond acceptors (Lipinski definition) is 3. The fourth-order valence-corrected chi connectivity index (χ4v) is 3.29. The average molecular weight is 334 g/mol. The molecular formula is C18H23FN2O3. The average Bonchev–Trinajstić information content (AvgIpc) is 2.82. The first kappa shape index (κ1) is 16.7. The molecule has 2 heterocycles. The lowest BCUT2D eigenvalue weighted by molar-refractivity contribution is 0.0148. The first-order valence-corrected chi connectivity index (χ1v) is 8.32. The molecule has 0 radical (unpaired) electrons. The second-order valence-electron chi connectivity index (χ2n) is 7.43. The lowest BCUT2D eigenvalue weighted by Crippen LogP contribution is -2.48. The Kier molecular flexibility index (Phi) is 4.24. The summed E-state index contributed by atoms with van der Waals surface area (Å²) in [6.07, 6.45) is 1.11. The number of likely N-dealkylation sites (tertiary alicyclic amines) is 1. The van der Waals surface area contributed by atoms with E-state index in [0.29, 0.717) is 38.0 Å². The number of fused-ring (bicyclic) bond motifs is 1. The lowest BCUT2D eigenvalue weighted by Gasteiger charge is -2.37. The smallest absolute Gasteiger partial charge is 0.410 e. The predicted octanol–water partition coefficient (Wildman–Crippen LogP) is 3.18. The van der Waals surface area contributed by atoms with Crippen LogP contribution in [0.5, 0.6) is 0 Å². The number of ether oxygens (including phenoxy) is 1. The number of hydrogen-bond donors (Lipinski definition) is 0. The van der Waals surface area contributed by atoms with Crippen molar-refractivity contribution >= 4 is 12.0 Å². The van der Waals surface area contributed by atoms with E-state index < -0.39 is 5.60 Å². The number of carbonyl (C=O) groups excluding carboxylic acids is 2. The molecule has 2 aliphatic heterocycles. The Bertz CT molecular complexity index is 661. The maximum Gasteiger partial charge on any atom is 0.410 e. The highest BCUT2D eigenvalue weighted by Crippen LogP contribution is 2.29. The Hall–Kier alpha value is -2.11. The van der Waals surface area contributed by atoms with Gasteiger partial charge in [-0.05, 0) is 57.4 Å². The summed E-state index contributed by atoms with van der Waals surface area (Å²) in [7, 11) is 0. The van der Waals surface area contributed by atoms with Crippen molar-refractivity contribution in [3.8, 4) is 0 Å². The fourth-order valence-electron chi connectivity index (χ4n) is 3.29. The molecule has 2 amide bonds. The molecule has 1 saturated heterocycles. The molecule has 5 nitrogen and oxygen atoms in total. The largest absolute Gasteiger partial charge is 0.444 e. The molecule has 0 aromatic heterocycles. The maximum atomic E-state index is 13.3. The number of benzene rings is 1. The molecule has 0 spiro atoms. The zero-order chi connectivity index (χ0) is 17.5. The summed E-state index contributed by atoms with van der Waals surface area (Å²) in [6.45, 7) is 7.11. The van der Waals surface area contributed by atoms with Gasteiger partial charge < -0.3 is 14.5 Å². The molecule has 24 heavy (non-hydrogen) atoms. The summed E-state index contributed by atoms with van der Waals surface area (Å²) < 4.78 is 18.7. The van der Waals surface area contributed by atoms with Crippen molar-refractivity contribution in [2.24, 2.45) is 0 Å². The molecule has 0 atom stereocenters. The van der Waals surface area contributed by atoms with Gasteiger partial charge in [-0.25, -0.2) is 9.18 Å². The van der Waals surface area contributed by atoms with Gasteiger partial charge in [0.25, 0.3) is 5.91 Å². The molecule has 0 unspecified atom stereocenters. The molecule has 130 valence electrons. The summed E-state index contributed by atoms with van der Waals surface area (Å²) in [5.74, 6) is -0.358. The second-order valence-corrected chi connectivity index (χ2v) is 7.43. The lowest BCUT2D eigenvalue weighted by atomic mass is 10.0. The van der Waals surface area contributed by atoms with E-state index in [2.05, 4.69) is 0 Å². The molecule has 2 aliphatic rings. The number of amides is 2. The van der Waals surface area contributed by atoms with Crippen molar-refractivity contribution < 1.29 is 18.7 Å². The zero-order valence-corrected chi connectivity index (χ0v) is 14.3. The monoisotopic (exact) mass is 334 g/mol. The van der Waals surface area contributed by atoms with Gasteiger partial charge in [0, 0.05) is 31.2 Å². The van der Waals surface area contributed by atoms with E-state index in [1.54, 1.807) is 15.9 Å². The normalized spacial score (nSPS) is 18.8. The minimum absolute atomic E-state index is 0.0410.